The number of aryl methyl sites for hydroxylation is 1. The van der Waals surface area contributed by atoms with Crippen molar-refractivity contribution in [2.75, 3.05) is 5.75 Å². The lowest BCUT2D eigenvalue weighted by Gasteiger charge is -2.16. The lowest BCUT2D eigenvalue weighted by Crippen LogP contribution is -2.34. The maximum Gasteiger partial charge on any atom is 0.168 e. The number of rotatable bonds is 3. The molecule has 1 aromatic carbocycles. The van der Waals surface area contributed by atoms with Crippen molar-refractivity contribution in [1.82, 2.24) is 9.55 Å². The minimum Gasteiger partial charge on any atom is -0.325 e. The van der Waals surface area contributed by atoms with Crippen LogP contribution in [0.25, 0.3) is 11.0 Å². The highest BCUT2D eigenvalue weighted by molar-refractivity contribution is 7.99. The summed E-state index contributed by atoms with van der Waals surface area (Å²) in [6.07, 6.45) is 0. The SMILES string of the molecule is Cn1c(SCC(C)(C)N)nc2cc(Cl)ccc21. The normalized spacial score (nSPS) is 12.3. The lowest BCUT2D eigenvalue weighted by atomic mass is 10.1. The third-order valence-electron chi connectivity index (χ3n) is 2.38. The van der Waals surface area contributed by atoms with E-state index in [9.17, 15) is 0 Å². The minimum absolute atomic E-state index is 0.194. The van der Waals surface area contributed by atoms with Crippen molar-refractivity contribution < 1.29 is 0 Å². The molecule has 0 aliphatic rings. The Labute approximate surface area is 110 Å². The van der Waals surface area contributed by atoms with Crippen LogP contribution >= 0.6 is 23.4 Å². The molecule has 1 aromatic heterocycles. The van der Waals surface area contributed by atoms with Gasteiger partial charge >= 0.3 is 0 Å². The van der Waals surface area contributed by atoms with Crippen molar-refractivity contribution in [3.05, 3.63) is 23.2 Å². The number of nitrogens with zero attached hydrogens (tertiary/aromatic N) is 2. The van der Waals surface area contributed by atoms with E-state index in [0.29, 0.717) is 5.02 Å². The molecule has 1 heterocycles. The van der Waals surface area contributed by atoms with Gasteiger partial charge in [-0.15, -0.1) is 0 Å². The zero-order valence-corrected chi connectivity index (χ0v) is 11.8. The highest BCUT2D eigenvalue weighted by atomic mass is 35.5. The van der Waals surface area contributed by atoms with Crippen LogP contribution in [0.3, 0.4) is 0 Å². The van der Waals surface area contributed by atoms with Crippen molar-refractivity contribution in [2.24, 2.45) is 12.8 Å². The maximum absolute atomic E-state index is 5.97. The average Bonchev–Trinajstić information content (AvgIpc) is 2.51. The number of benzene rings is 1. The van der Waals surface area contributed by atoms with E-state index in [-0.39, 0.29) is 5.54 Å². The molecule has 0 amide bonds. The van der Waals surface area contributed by atoms with E-state index in [4.69, 9.17) is 17.3 Å². The second kappa shape index (κ2) is 4.52. The summed E-state index contributed by atoms with van der Waals surface area (Å²) < 4.78 is 2.07. The first-order valence-corrected chi connectivity index (χ1v) is 6.77. The van der Waals surface area contributed by atoms with Crippen molar-refractivity contribution in [1.29, 1.82) is 0 Å². The van der Waals surface area contributed by atoms with E-state index in [0.717, 1.165) is 21.9 Å². The predicted molar refractivity (Wildman–Crippen MR) is 74.7 cm³/mol. The van der Waals surface area contributed by atoms with Crippen molar-refractivity contribution in [2.45, 2.75) is 24.5 Å². The van der Waals surface area contributed by atoms with Crippen molar-refractivity contribution in [3.8, 4) is 0 Å². The van der Waals surface area contributed by atoms with E-state index < -0.39 is 0 Å². The Hall–Kier alpha value is -0.710. The van der Waals surface area contributed by atoms with Gasteiger partial charge in [0.25, 0.3) is 0 Å². The smallest absolute Gasteiger partial charge is 0.168 e. The van der Waals surface area contributed by atoms with Gasteiger partial charge in [0.1, 0.15) is 0 Å². The van der Waals surface area contributed by atoms with Crippen molar-refractivity contribution in [3.63, 3.8) is 0 Å². The molecular weight excluding hydrogens is 254 g/mol. The topological polar surface area (TPSA) is 43.8 Å². The van der Waals surface area contributed by atoms with Crippen molar-refractivity contribution >= 4 is 34.4 Å². The molecule has 0 radical (unpaired) electrons. The van der Waals surface area contributed by atoms with E-state index in [1.807, 2.05) is 39.1 Å². The summed E-state index contributed by atoms with van der Waals surface area (Å²) >= 11 is 7.62. The fourth-order valence-electron chi connectivity index (χ4n) is 1.53. The van der Waals surface area contributed by atoms with Gasteiger partial charge in [-0.1, -0.05) is 23.4 Å². The van der Waals surface area contributed by atoms with Gasteiger partial charge < -0.3 is 10.3 Å². The first kappa shape index (κ1) is 12.7. The minimum atomic E-state index is -0.194. The number of nitrogens with two attached hydrogens (primary N) is 1. The molecule has 2 N–H and O–H groups in total. The molecule has 0 bridgehead atoms. The molecule has 2 rings (SSSR count). The summed E-state index contributed by atoms with van der Waals surface area (Å²) in [6.45, 7) is 4.03. The Kier molecular flexibility index (Phi) is 3.39. The molecule has 0 saturated carbocycles. The zero-order valence-electron chi connectivity index (χ0n) is 10.2. The van der Waals surface area contributed by atoms with Gasteiger partial charge in [-0.3, -0.25) is 0 Å². The van der Waals surface area contributed by atoms with Gasteiger partial charge in [0.15, 0.2) is 5.16 Å². The van der Waals surface area contributed by atoms with Gasteiger partial charge in [-0.2, -0.15) is 0 Å². The molecule has 0 unspecified atom stereocenters. The number of halogens is 1. The monoisotopic (exact) mass is 269 g/mol. The molecule has 92 valence electrons. The molecule has 5 heteroatoms. The van der Waals surface area contributed by atoms with Gasteiger partial charge in [-0.25, -0.2) is 4.98 Å². The summed E-state index contributed by atoms with van der Waals surface area (Å²) in [6, 6.07) is 5.75. The van der Waals surface area contributed by atoms with Crippen LogP contribution in [0.1, 0.15) is 13.8 Å². The largest absolute Gasteiger partial charge is 0.325 e. The van der Waals surface area contributed by atoms with E-state index >= 15 is 0 Å². The molecule has 0 spiro atoms. The van der Waals surface area contributed by atoms with Gasteiger partial charge in [0, 0.05) is 23.4 Å². The van der Waals surface area contributed by atoms with Gasteiger partial charge in [0.05, 0.1) is 11.0 Å². The van der Waals surface area contributed by atoms with Crippen LogP contribution in [0.4, 0.5) is 0 Å². The molecule has 17 heavy (non-hydrogen) atoms. The number of hydrogen-bond donors (Lipinski definition) is 1. The summed E-state index contributed by atoms with van der Waals surface area (Å²) in [4.78, 5) is 4.56. The van der Waals surface area contributed by atoms with Crippen LogP contribution in [0.15, 0.2) is 23.4 Å². The second-order valence-electron chi connectivity index (χ2n) is 4.86. The first-order valence-electron chi connectivity index (χ1n) is 5.40. The number of thioether (sulfide) groups is 1. The highest BCUT2D eigenvalue weighted by Crippen LogP contribution is 2.26. The Morgan fingerprint density at radius 1 is 1.47 bits per heavy atom. The molecule has 0 atom stereocenters. The third kappa shape index (κ3) is 2.94. The second-order valence-corrected chi connectivity index (χ2v) is 6.24. The molecule has 0 fully saturated rings. The van der Waals surface area contributed by atoms with E-state index in [2.05, 4.69) is 9.55 Å². The zero-order chi connectivity index (χ0) is 12.6. The maximum atomic E-state index is 5.97. The fraction of sp³-hybridized carbons (Fsp3) is 0.417. The number of hydrogen-bond acceptors (Lipinski definition) is 3. The highest BCUT2D eigenvalue weighted by Gasteiger charge is 2.14. The summed E-state index contributed by atoms with van der Waals surface area (Å²) in [7, 11) is 2.01. The van der Waals surface area contributed by atoms with Crippen LogP contribution in [-0.2, 0) is 7.05 Å². The molecule has 0 aliphatic heterocycles. The summed E-state index contributed by atoms with van der Waals surface area (Å²) in [5.41, 5.74) is 7.80. The standard InChI is InChI=1S/C12H16ClN3S/c1-12(2,14)7-17-11-15-9-6-8(13)4-5-10(9)16(11)3/h4-6H,7,14H2,1-3H3. The third-order valence-corrected chi connectivity index (χ3v) is 4.12. The lowest BCUT2D eigenvalue weighted by molar-refractivity contribution is 0.590. The predicted octanol–water partition coefficient (Wildman–Crippen LogP) is 3.06. The van der Waals surface area contributed by atoms with Gasteiger partial charge in [0.2, 0.25) is 0 Å². The quantitative estimate of drug-likeness (QED) is 0.871. The first-order chi connectivity index (χ1) is 7.87. The van der Waals surface area contributed by atoms with Gasteiger partial charge in [-0.05, 0) is 32.0 Å². The average molecular weight is 270 g/mol. The van der Waals surface area contributed by atoms with Crippen LogP contribution in [-0.4, -0.2) is 20.8 Å². The van der Waals surface area contributed by atoms with Crippen LogP contribution in [0.5, 0.6) is 0 Å². The van der Waals surface area contributed by atoms with Crippen LogP contribution in [0.2, 0.25) is 5.02 Å². The Morgan fingerprint density at radius 3 is 2.82 bits per heavy atom. The van der Waals surface area contributed by atoms with Crippen LogP contribution < -0.4 is 5.73 Å². The summed E-state index contributed by atoms with van der Waals surface area (Å²) in [5.74, 6) is 0.831. The van der Waals surface area contributed by atoms with E-state index in [1.54, 1.807) is 11.8 Å². The fourth-order valence-corrected chi connectivity index (χ4v) is 2.65. The Bertz CT molecular complexity index is 542. The number of aromatic nitrogens is 2. The summed E-state index contributed by atoms with van der Waals surface area (Å²) in [5, 5.41) is 1.69. The Morgan fingerprint density at radius 2 is 2.18 bits per heavy atom. The number of imidazole rings is 1. The molecular formula is C12H16ClN3S. The van der Waals surface area contributed by atoms with E-state index in [1.165, 1.54) is 0 Å². The van der Waals surface area contributed by atoms with Crippen LogP contribution in [0, 0.1) is 0 Å². The molecule has 3 nitrogen and oxygen atoms in total. The number of fused-ring (bicyclic) bond motifs is 1. The molecule has 0 saturated heterocycles. The Balaban J connectivity index is 2.32. The molecule has 0 aliphatic carbocycles. The molecule has 2 aromatic rings.